The molecule has 1 atom stereocenters. The molecule has 1 fully saturated rings. The smallest absolute Gasteiger partial charge is 0.222 e. The second kappa shape index (κ2) is 12.2. The molecule has 0 saturated carbocycles. The van der Waals surface area contributed by atoms with Gasteiger partial charge in [0.1, 0.15) is 5.82 Å². The quantitative estimate of drug-likeness (QED) is 0.390. The number of dihydropyridines is 1. The molecule has 1 unspecified atom stereocenters. The molecule has 1 aromatic heterocycles. The fraction of sp³-hybridized carbons (Fsp3) is 0.500. The molecular formula is C30H38FN3O. The number of pyridine rings is 1. The van der Waals surface area contributed by atoms with E-state index < -0.39 is 0 Å². The first-order valence-electron chi connectivity index (χ1n) is 13.2. The Morgan fingerprint density at radius 1 is 1.14 bits per heavy atom. The second-order valence-corrected chi connectivity index (χ2v) is 9.97. The molecule has 1 aromatic carbocycles. The van der Waals surface area contributed by atoms with Gasteiger partial charge in [0.2, 0.25) is 5.91 Å². The van der Waals surface area contributed by atoms with Crippen LogP contribution in [-0.4, -0.2) is 40.6 Å². The first-order chi connectivity index (χ1) is 17.0. The molecule has 1 amide bonds. The van der Waals surface area contributed by atoms with E-state index in [0.717, 1.165) is 81.4 Å². The maximum absolute atomic E-state index is 13.7. The van der Waals surface area contributed by atoms with E-state index >= 15 is 0 Å². The van der Waals surface area contributed by atoms with Crippen LogP contribution < -0.4 is 0 Å². The van der Waals surface area contributed by atoms with E-state index in [0.29, 0.717) is 17.9 Å². The van der Waals surface area contributed by atoms with E-state index in [9.17, 15) is 9.18 Å². The summed E-state index contributed by atoms with van der Waals surface area (Å²) in [6.45, 7) is 5.72. The SMILES string of the molecule is CCC1=CCC(c2ccc(F)c(C)c2)=NC1CCCC(=O)N1CCC(CCc2ccccn2)CC1. The zero-order valence-corrected chi connectivity index (χ0v) is 21.2. The number of aromatic nitrogens is 1. The van der Waals surface area contributed by atoms with E-state index in [1.165, 1.54) is 11.6 Å². The molecule has 4 nitrogen and oxygen atoms in total. The third kappa shape index (κ3) is 6.87. The Morgan fingerprint density at radius 3 is 2.69 bits per heavy atom. The highest BCUT2D eigenvalue weighted by Crippen LogP contribution is 2.26. The fourth-order valence-electron chi connectivity index (χ4n) is 5.31. The summed E-state index contributed by atoms with van der Waals surface area (Å²) in [5.41, 5.74) is 5.19. The molecule has 0 aliphatic carbocycles. The molecule has 1 saturated heterocycles. The van der Waals surface area contributed by atoms with Gasteiger partial charge in [-0.15, -0.1) is 0 Å². The summed E-state index contributed by atoms with van der Waals surface area (Å²) in [5.74, 6) is 0.787. The third-order valence-electron chi connectivity index (χ3n) is 7.57. The predicted octanol–water partition coefficient (Wildman–Crippen LogP) is 6.47. The Bertz CT molecular complexity index is 1050. The fourth-order valence-corrected chi connectivity index (χ4v) is 5.31. The number of halogens is 1. The molecule has 5 heteroatoms. The van der Waals surface area contributed by atoms with Gasteiger partial charge in [-0.05, 0) is 98.8 Å². The number of piperidine rings is 1. The zero-order chi connectivity index (χ0) is 24.6. The van der Waals surface area contributed by atoms with Crippen molar-refractivity contribution >= 4 is 11.6 Å². The topological polar surface area (TPSA) is 45.6 Å². The van der Waals surface area contributed by atoms with Gasteiger partial charge < -0.3 is 4.90 Å². The number of benzene rings is 1. The van der Waals surface area contributed by atoms with E-state index in [2.05, 4.69) is 29.0 Å². The molecule has 2 aliphatic heterocycles. The summed E-state index contributed by atoms with van der Waals surface area (Å²) < 4.78 is 13.7. The van der Waals surface area contributed by atoms with Crippen LogP contribution in [0.1, 0.15) is 75.1 Å². The minimum Gasteiger partial charge on any atom is -0.343 e. The lowest BCUT2D eigenvalue weighted by Gasteiger charge is -2.32. The summed E-state index contributed by atoms with van der Waals surface area (Å²) in [7, 11) is 0. The van der Waals surface area contributed by atoms with Crippen LogP contribution in [-0.2, 0) is 11.2 Å². The number of amides is 1. The van der Waals surface area contributed by atoms with Gasteiger partial charge in [-0.3, -0.25) is 14.8 Å². The molecule has 2 aromatic rings. The van der Waals surface area contributed by atoms with Crippen molar-refractivity contribution in [2.75, 3.05) is 13.1 Å². The van der Waals surface area contributed by atoms with Crippen molar-refractivity contribution in [3.8, 4) is 0 Å². The Hall–Kier alpha value is -2.82. The molecule has 4 rings (SSSR count). The van der Waals surface area contributed by atoms with Crippen molar-refractivity contribution < 1.29 is 9.18 Å². The summed E-state index contributed by atoms with van der Waals surface area (Å²) in [6.07, 6.45) is 12.6. The highest BCUT2D eigenvalue weighted by molar-refractivity contribution is 6.02. The first-order valence-corrected chi connectivity index (χ1v) is 13.2. The number of carbonyl (C=O) groups excluding carboxylic acids is 1. The van der Waals surface area contributed by atoms with Gasteiger partial charge in [0, 0.05) is 43.5 Å². The van der Waals surface area contributed by atoms with Crippen molar-refractivity contribution in [1.82, 2.24) is 9.88 Å². The van der Waals surface area contributed by atoms with Crippen molar-refractivity contribution in [2.45, 2.75) is 77.7 Å². The molecule has 0 N–H and O–H groups in total. The Balaban J connectivity index is 1.23. The minimum absolute atomic E-state index is 0.124. The van der Waals surface area contributed by atoms with Crippen LogP contribution in [0.2, 0.25) is 0 Å². The molecular weight excluding hydrogens is 437 g/mol. The number of likely N-dealkylation sites (tertiary alicyclic amines) is 1. The molecule has 3 heterocycles. The summed E-state index contributed by atoms with van der Waals surface area (Å²) in [4.78, 5) is 24.4. The Kier molecular flexibility index (Phi) is 8.84. The van der Waals surface area contributed by atoms with Crippen molar-refractivity contribution in [3.63, 3.8) is 0 Å². The van der Waals surface area contributed by atoms with Gasteiger partial charge in [0.05, 0.1) is 6.04 Å². The summed E-state index contributed by atoms with van der Waals surface area (Å²) >= 11 is 0. The van der Waals surface area contributed by atoms with Crippen LogP contribution >= 0.6 is 0 Å². The van der Waals surface area contributed by atoms with Crippen molar-refractivity contribution in [1.29, 1.82) is 0 Å². The summed E-state index contributed by atoms with van der Waals surface area (Å²) in [5, 5.41) is 0. The van der Waals surface area contributed by atoms with Gasteiger partial charge in [0.15, 0.2) is 0 Å². The van der Waals surface area contributed by atoms with Crippen LogP contribution in [0.15, 0.2) is 59.2 Å². The van der Waals surface area contributed by atoms with Crippen LogP contribution in [0.25, 0.3) is 0 Å². The number of hydrogen-bond acceptors (Lipinski definition) is 3. The number of carbonyl (C=O) groups is 1. The lowest BCUT2D eigenvalue weighted by Crippen LogP contribution is -2.38. The molecule has 0 bridgehead atoms. The van der Waals surface area contributed by atoms with E-state index in [4.69, 9.17) is 4.99 Å². The number of aryl methyl sites for hydroxylation is 2. The van der Waals surface area contributed by atoms with Gasteiger partial charge in [0.25, 0.3) is 0 Å². The average molecular weight is 476 g/mol. The maximum Gasteiger partial charge on any atom is 0.222 e. The van der Waals surface area contributed by atoms with Crippen LogP contribution in [0.3, 0.4) is 0 Å². The summed E-state index contributed by atoms with van der Waals surface area (Å²) in [6, 6.07) is 11.5. The number of rotatable bonds is 9. The van der Waals surface area contributed by atoms with Crippen molar-refractivity contribution in [2.24, 2.45) is 10.9 Å². The lowest BCUT2D eigenvalue weighted by atomic mass is 9.91. The Labute approximate surface area is 209 Å². The van der Waals surface area contributed by atoms with Crippen molar-refractivity contribution in [3.05, 3.63) is 76.9 Å². The van der Waals surface area contributed by atoms with Crippen LogP contribution in [0.4, 0.5) is 4.39 Å². The molecule has 186 valence electrons. The molecule has 35 heavy (non-hydrogen) atoms. The molecule has 2 aliphatic rings. The second-order valence-electron chi connectivity index (χ2n) is 9.97. The Morgan fingerprint density at radius 2 is 1.97 bits per heavy atom. The van der Waals surface area contributed by atoms with Gasteiger partial charge in [-0.2, -0.15) is 0 Å². The minimum atomic E-state index is -0.178. The number of hydrogen-bond donors (Lipinski definition) is 0. The monoisotopic (exact) mass is 475 g/mol. The number of allylic oxidation sites excluding steroid dienone is 1. The zero-order valence-electron chi connectivity index (χ0n) is 21.2. The average Bonchev–Trinajstić information content (AvgIpc) is 2.90. The van der Waals surface area contributed by atoms with E-state index in [1.54, 1.807) is 6.92 Å². The normalized spacial score (nSPS) is 18.8. The first kappa shape index (κ1) is 25.3. The number of nitrogens with zero attached hydrogens (tertiary/aromatic N) is 3. The van der Waals surface area contributed by atoms with Gasteiger partial charge in [-0.25, -0.2) is 4.39 Å². The van der Waals surface area contributed by atoms with Gasteiger partial charge in [-0.1, -0.05) is 25.1 Å². The maximum atomic E-state index is 13.7. The van der Waals surface area contributed by atoms with E-state index in [-0.39, 0.29) is 17.8 Å². The largest absolute Gasteiger partial charge is 0.343 e. The van der Waals surface area contributed by atoms with Crippen LogP contribution in [0.5, 0.6) is 0 Å². The molecule has 0 radical (unpaired) electrons. The molecule has 0 spiro atoms. The van der Waals surface area contributed by atoms with E-state index in [1.807, 2.05) is 30.5 Å². The van der Waals surface area contributed by atoms with Gasteiger partial charge >= 0.3 is 0 Å². The lowest BCUT2D eigenvalue weighted by molar-refractivity contribution is -0.132. The number of aliphatic imine (C=N–C) groups is 1. The highest BCUT2D eigenvalue weighted by Gasteiger charge is 2.24. The van der Waals surface area contributed by atoms with Crippen LogP contribution in [0, 0.1) is 18.7 Å². The highest BCUT2D eigenvalue weighted by atomic mass is 19.1. The predicted molar refractivity (Wildman–Crippen MR) is 140 cm³/mol. The standard InChI is InChI=1S/C30H38FN3O/c1-3-24-12-15-29(25-11-14-27(31)22(2)21-25)33-28(24)8-6-9-30(35)34-19-16-23(17-20-34)10-13-26-7-4-5-18-32-26/h4-5,7,11-12,14,18,21,23,28H,3,6,8-10,13,15-17,19-20H2,1-2H3. The third-order valence-corrected chi connectivity index (χ3v) is 7.57.